The Kier molecular flexibility index (Phi) is 2.71. The van der Waals surface area contributed by atoms with Crippen LogP contribution >= 0.6 is 0 Å². The van der Waals surface area contributed by atoms with Crippen LogP contribution in [0.2, 0.25) is 0 Å². The maximum atomic E-state index is 11.5. The summed E-state index contributed by atoms with van der Waals surface area (Å²) in [5.74, 6) is 1.30. The highest BCUT2D eigenvalue weighted by Crippen LogP contribution is 2.31. The number of aromatic nitrogens is 1. The highest BCUT2D eigenvalue weighted by atomic mass is 16.1. The van der Waals surface area contributed by atoms with E-state index in [2.05, 4.69) is 4.98 Å². The van der Waals surface area contributed by atoms with Crippen LogP contribution in [0.25, 0.3) is 0 Å². The number of hydrogen-bond acceptors (Lipinski definition) is 3. The van der Waals surface area contributed by atoms with E-state index in [1.165, 1.54) is 0 Å². The van der Waals surface area contributed by atoms with Gasteiger partial charge in [0.15, 0.2) is 0 Å². The van der Waals surface area contributed by atoms with Gasteiger partial charge in [-0.15, -0.1) is 0 Å². The summed E-state index contributed by atoms with van der Waals surface area (Å²) in [6.07, 6.45) is 5.26. The van der Waals surface area contributed by atoms with E-state index < -0.39 is 0 Å². The molecular formula is C12H16N2O. The van der Waals surface area contributed by atoms with Crippen molar-refractivity contribution < 1.29 is 4.79 Å². The first-order chi connectivity index (χ1) is 7.16. The molecule has 1 heterocycles. The Morgan fingerprint density at radius 3 is 3.00 bits per heavy atom. The molecular weight excluding hydrogens is 188 g/mol. The topological polar surface area (TPSA) is 56.0 Å². The number of carbonyl (C=O) groups is 1. The van der Waals surface area contributed by atoms with Crippen molar-refractivity contribution in [2.24, 2.45) is 5.92 Å². The Balaban J connectivity index is 1.97. The summed E-state index contributed by atoms with van der Waals surface area (Å²) in [6.45, 7) is 1.98. The molecule has 1 aliphatic carbocycles. The number of nitrogens with two attached hydrogens (primary N) is 1. The monoisotopic (exact) mass is 204 g/mol. The van der Waals surface area contributed by atoms with Gasteiger partial charge in [-0.25, -0.2) is 4.98 Å². The molecule has 0 amide bonds. The van der Waals surface area contributed by atoms with Crippen LogP contribution in [-0.4, -0.2) is 10.8 Å². The highest BCUT2D eigenvalue weighted by molar-refractivity contribution is 5.83. The molecule has 1 aromatic heterocycles. The minimum Gasteiger partial charge on any atom is -0.383 e. The van der Waals surface area contributed by atoms with Crippen LogP contribution in [0.5, 0.6) is 0 Å². The van der Waals surface area contributed by atoms with E-state index in [4.69, 9.17) is 5.73 Å². The lowest BCUT2D eigenvalue weighted by molar-refractivity contribution is -0.120. The number of nitrogens with zero attached hydrogens (tertiary/aromatic N) is 1. The Bertz CT molecular complexity index is 383. The molecule has 1 aromatic rings. The van der Waals surface area contributed by atoms with Crippen molar-refractivity contribution in [3.63, 3.8) is 0 Å². The zero-order chi connectivity index (χ0) is 10.8. The number of aryl methyl sites for hydroxylation is 2. The summed E-state index contributed by atoms with van der Waals surface area (Å²) in [5.41, 5.74) is 7.84. The van der Waals surface area contributed by atoms with Gasteiger partial charge in [0.05, 0.1) is 0 Å². The molecule has 1 aliphatic rings. The largest absolute Gasteiger partial charge is 0.383 e. The van der Waals surface area contributed by atoms with E-state index in [0.29, 0.717) is 23.9 Å². The van der Waals surface area contributed by atoms with Crippen LogP contribution < -0.4 is 5.73 Å². The molecule has 2 N–H and O–H groups in total. The van der Waals surface area contributed by atoms with E-state index in [0.717, 1.165) is 30.4 Å². The Labute approximate surface area is 89.7 Å². The molecule has 3 heteroatoms. The fourth-order valence-corrected chi connectivity index (χ4v) is 1.71. The predicted octanol–water partition coefficient (Wildman–Crippen LogP) is 1.88. The third kappa shape index (κ3) is 2.55. The summed E-state index contributed by atoms with van der Waals surface area (Å²) in [5, 5.41) is 0. The maximum absolute atomic E-state index is 11.5. The summed E-state index contributed by atoms with van der Waals surface area (Å²) < 4.78 is 0. The molecule has 0 unspecified atom stereocenters. The average Bonchev–Trinajstić information content (AvgIpc) is 3.02. The minimum absolute atomic E-state index is 0.351. The zero-order valence-corrected chi connectivity index (χ0v) is 8.99. The van der Waals surface area contributed by atoms with Gasteiger partial charge in [-0.2, -0.15) is 0 Å². The van der Waals surface area contributed by atoms with Crippen LogP contribution in [0.15, 0.2) is 12.3 Å². The standard InChI is InChI=1S/C12H16N2O/c1-8-6-10(12(13)14-7-8)4-5-11(15)9-2-3-9/h6-7,9H,2-5H2,1H3,(H2,13,14). The number of ketones is 1. The Hall–Kier alpha value is -1.38. The molecule has 0 aromatic carbocycles. The smallest absolute Gasteiger partial charge is 0.136 e. The van der Waals surface area contributed by atoms with Gasteiger partial charge in [0, 0.05) is 18.5 Å². The fraction of sp³-hybridized carbons (Fsp3) is 0.500. The molecule has 80 valence electrons. The third-order valence-electron chi connectivity index (χ3n) is 2.81. The van der Waals surface area contributed by atoms with Gasteiger partial charge < -0.3 is 5.73 Å². The Morgan fingerprint density at radius 1 is 1.60 bits per heavy atom. The molecule has 1 saturated carbocycles. The first-order valence-electron chi connectivity index (χ1n) is 5.40. The van der Waals surface area contributed by atoms with Gasteiger partial charge >= 0.3 is 0 Å². The van der Waals surface area contributed by atoms with E-state index >= 15 is 0 Å². The lowest BCUT2D eigenvalue weighted by atomic mass is 10.1. The third-order valence-corrected chi connectivity index (χ3v) is 2.81. The van der Waals surface area contributed by atoms with E-state index in [1.807, 2.05) is 13.0 Å². The summed E-state index contributed by atoms with van der Waals surface area (Å²) in [4.78, 5) is 15.6. The predicted molar refractivity (Wildman–Crippen MR) is 59.4 cm³/mol. The second-order valence-electron chi connectivity index (χ2n) is 4.30. The number of Topliss-reactive ketones (excluding diaryl/α,β-unsaturated/α-hetero) is 1. The van der Waals surface area contributed by atoms with Crippen LogP contribution in [0.1, 0.15) is 30.4 Å². The molecule has 1 fully saturated rings. The normalized spacial score (nSPS) is 15.3. The van der Waals surface area contributed by atoms with Gasteiger partial charge in [-0.1, -0.05) is 6.07 Å². The zero-order valence-electron chi connectivity index (χ0n) is 8.99. The first-order valence-corrected chi connectivity index (χ1v) is 5.40. The number of pyridine rings is 1. The van der Waals surface area contributed by atoms with Crippen LogP contribution in [-0.2, 0) is 11.2 Å². The molecule has 0 atom stereocenters. The SMILES string of the molecule is Cc1cnc(N)c(CCC(=O)C2CC2)c1. The highest BCUT2D eigenvalue weighted by Gasteiger charge is 2.28. The van der Waals surface area contributed by atoms with Crippen LogP contribution in [0.3, 0.4) is 0 Å². The van der Waals surface area contributed by atoms with Crippen LogP contribution in [0.4, 0.5) is 5.82 Å². The van der Waals surface area contributed by atoms with E-state index in [1.54, 1.807) is 6.20 Å². The number of anilines is 1. The first kappa shape index (κ1) is 10.1. The molecule has 3 nitrogen and oxygen atoms in total. The summed E-state index contributed by atoms with van der Waals surface area (Å²) >= 11 is 0. The number of rotatable bonds is 4. The van der Waals surface area contributed by atoms with Gasteiger partial charge in [-0.05, 0) is 37.3 Å². The van der Waals surface area contributed by atoms with Crippen molar-refractivity contribution >= 4 is 11.6 Å². The van der Waals surface area contributed by atoms with Crippen LogP contribution in [0, 0.1) is 12.8 Å². The number of carbonyl (C=O) groups excluding carboxylic acids is 1. The van der Waals surface area contributed by atoms with Gasteiger partial charge in [-0.3, -0.25) is 4.79 Å². The molecule has 0 spiro atoms. The van der Waals surface area contributed by atoms with E-state index in [9.17, 15) is 4.79 Å². The lowest BCUT2D eigenvalue weighted by Gasteiger charge is -2.04. The average molecular weight is 204 g/mol. The quantitative estimate of drug-likeness (QED) is 0.814. The lowest BCUT2D eigenvalue weighted by Crippen LogP contribution is -2.05. The second kappa shape index (κ2) is 4.01. The van der Waals surface area contributed by atoms with Crippen molar-refractivity contribution in [2.45, 2.75) is 32.6 Å². The minimum atomic E-state index is 0.351. The van der Waals surface area contributed by atoms with Crippen molar-refractivity contribution in [1.82, 2.24) is 4.98 Å². The van der Waals surface area contributed by atoms with Crippen molar-refractivity contribution in [3.05, 3.63) is 23.4 Å². The summed E-state index contributed by atoms with van der Waals surface area (Å²) in [7, 11) is 0. The molecule has 0 bridgehead atoms. The van der Waals surface area contributed by atoms with Crippen molar-refractivity contribution in [2.75, 3.05) is 5.73 Å². The maximum Gasteiger partial charge on any atom is 0.136 e. The number of nitrogen functional groups attached to an aromatic ring is 1. The molecule has 0 radical (unpaired) electrons. The van der Waals surface area contributed by atoms with E-state index in [-0.39, 0.29) is 0 Å². The molecule has 0 saturated heterocycles. The van der Waals surface area contributed by atoms with Crippen molar-refractivity contribution in [3.8, 4) is 0 Å². The molecule has 2 rings (SSSR count). The molecule has 15 heavy (non-hydrogen) atoms. The van der Waals surface area contributed by atoms with Gasteiger partial charge in [0.25, 0.3) is 0 Å². The summed E-state index contributed by atoms with van der Waals surface area (Å²) in [6, 6.07) is 2.02. The number of hydrogen-bond donors (Lipinski definition) is 1. The van der Waals surface area contributed by atoms with Gasteiger partial charge in [0.2, 0.25) is 0 Å². The fourth-order valence-electron chi connectivity index (χ4n) is 1.71. The molecule has 0 aliphatic heterocycles. The second-order valence-corrected chi connectivity index (χ2v) is 4.30. The Morgan fingerprint density at radius 2 is 2.33 bits per heavy atom. The van der Waals surface area contributed by atoms with Gasteiger partial charge in [0.1, 0.15) is 11.6 Å². The van der Waals surface area contributed by atoms with Crippen molar-refractivity contribution in [1.29, 1.82) is 0 Å².